The zero-order valence-corrected chi connectivity index (χ0v) is 9.72. The first-order valence-electron chi connectivity index (χ1n) is 5.23. The van der Waals surface area contributed by atoms with Crippen LogP contribution in [0.25, 0.3) is 10.1 Å². The summed E-state index contributed by atoms with van der Waals surface area (Å²) in [7, 11) is 0. The Balaban J connectivity index is 2.02. The number of rotatable bonds is 4. The third-order valence-electron chi connectivity index (χ3n) is 2.46. The van der Waals surface area contributed by atoms with E-state index in [0.717, 1.165) is 6.42 Å². The molecule has 1 heterocycles. The molecule has 4 heteroatoms. The number of hydrogen-bond donors (Lipinski definition) is 2. The second-order valence-electron chi connectivity index (χ2n) is 3.56. The summed E-state index contributed by atoms with van der Waals surface area (Å²) in [6.45, 7) is 0.709. The van der Waals surface area contributed by atoms with Crippen LogP contribution in [-0.2, 0) is 11.2 Å². The van der Waals surface area contributed by atoms with Crippen LogP contribution in [0.2, 0.25) is 0 Å². The molecule has 0 atom stereocenters. The minimum atomic E-state index is -0.0977. The van der Waals surface area contributed by atoms with Crippen LogP contribution in [0.3, 0.4) is 0 Å². The predicted octanol–water partition coefficient (Wildman–Crippen LogP) is 1.52. The molecule has 0 saturated carbocycles. The first-order chi connectivity index (χ1) is 7.81. The molecule has 84 valence electrons. The number of hydrogen-bond acceptors (Lipinski definition) is 3. The van der Waals surface area contributed by atoms with Crippen molar-refractivity contribution in [2.45, 2.75) is 6.42 Å². The number of benzene rings is 1. The van der Waals surface area contributed by atoms with Gasteiger partial charge in [-0.2, -0.15) is 0 Å². The molecule has 0 aliphatic rings. The Morgan fingerprint density at radius 3 is 3.00 bits per heavy atom. The van der Waals surface area contributed by atoms with Gasteiger partial charge >= 0.3 is 0 Å². The Morgan fingerprint density at radius 1 is 1.38 bits per heavy atom. The number of carbonyl (C=O) groups is 1. The van der Waals surface area contributed by atoms with Crippen LogP contribution >= 0.6 is 11.3 Å². The van der Waals surface area contributed by atoms with Gasteiger partial charge in [-0.3, -0.25) is 4.79 Å². The number of nitrogens with two attached hydrogens (primary N) is 1. The maximum Gasteiger partial charge on any atom is 0.233 e. The van der Waals surface area contributed by atoms with Crippen molar-refractivity contribution in [3.63, 3.8) is 0 Å². The van der Waals surface area contributed by atoms with E-state index in [-0.39, 0.29) is 12.5 Å². The summed E-state index contributed by atoms with van der Waals surface area (Å²) in [5.74, 6) is -0.0977. The number of nitrogens with one attached hydrogen (secondary N) is 1. The van der Waals surface area contributed by atoms with E-state index in [2.05, 4.69) is 22.8 Å². The predicted molar refractivity (Wildman–Crippen MR) is 67.6 cm³/mol. The van der Waals surface area contributed by atoms with E-state index in [4.69, 9.17) is 5.73 Å². The molecule has 3 nitrogen and oxygen atoms in total. The lowest BCUT2D eigenvalue weighted by atomic mass is 10.1. The molecule has 2 rings (SSSR count). The topological polar surface area (TPSA) is 55.1 Å². The molecule has 1 aromatic heterocycles. The van der Waals surface area contributed by atoms with Crippen molar-refractivity contribution in [3.05, 3.63) is 35.2 Å². The fraction of sp³-hybridized carbons (Fsp3) is 0.250. The number of fused-ring (bicyclic) bond motifs is 1. The Hall–Kier alpha value is -1.39. The summed E-state index contributed by atoms with van der Waals surface area (Å²) < 4.78 is 1.29. The molecule has 0 aliphatic heterocycles. The highest BCUT2D eigenvalue weighted by molar-refractivity contribution is 7.17. The van der Waals surface area contributed by atoms with Crippen LogP contribution in [0.15, 0.2) is 29.6 Å². The van der Waals surface area contributed by atoms with E-state index < -0.39 is 0 Å². The average Bonchev–Trinajstić information content (AvgIpc) is 2.73. The molecule has 0 radical (unpaired) electrons. The molecular formula is C12H14N2OS. The van der Waals surface area contributed by atoms with Gasteiger partial charge in [-0.15, -0.1) is 11.3 Å². The van der Waals surface area contributed by atoms with Gasteiger partial charge in [0.15, 0.2) is 0 Å². The molecule has 1 aromatic carbocycles. The van der Waals surface area contributed by atoms with Crippen LogP contribution in [-0.4, -0.2) is 19.0 Å². The molecular weight excluding hydrogens is 220 g/mol. The smallest absolute Gasteiger partial charge is 0.233 e. The third kappa shape index (κ3) is 2.40. The Bertz CT molecular complexity index is 492. The first kappa shape index (κ1) is 11.1. The van der Waals surface area contributed by atoms with Crippen molar-refractivity contribution in [2.24, 2.45) is 5.73 Å². The summed E-state index contributed by atoms with van der Waals surface area (Å²) in [4.78, 5) is 11.0. The van der Waals surface area contributed by atoms with Crippen molar-refractivity contribution in [2.75, 3.05) is 13.1 Å². The van der Waals surface area contributed by atoms with Gasteiger partial charge in [-0.1, -0.05) is 18.2 Å². The molecule has 0 saturated heterocycles. The van der Waals surface area contributed by atoms with Gasteiger partial charge in [0, 0.05) is 11.2 Å². The fourth-order valence-electron chi connectivity index (χ4n) is 1.64. The third-order valence-corrected chi connectivity index (χ3v) is 3.48. The lowest BCUT2D eigenvalue weighted by Gasteiger charge is -2.02. The number of amides is 1. The van der Waals surface area contributed by atoms with E-state index >= 15 is 0 Å². The van der Waals surface area contributed by atoms with E-state index in [1.807, 2.05) is 12.1 Å². The van der Waals surface area contributed by atoms with Crippen LogP contribution < -0.4 is 11.1 Å². The summed E-state index contributed by atoms with van der Waals surface area (Å²) in [5.41, 5.74) is 6.50. The average molecular weight is 234 g/mol. The molecule has 16 heavy (non-hydrogen) atoms. The number of carbonyl (C=O) groups excluding carboxylic acids is 1. The van der Waals surface area contributed by atoms with Crippen molar-refractivity contribution in [1.82, 2.24) is 5.32 Å². The first-order valence-corrected chi connectivity index (χ1v) is 6.11. The standard InChI is InChI=1S/C12H14N2OS/c13-7-12(15)14-6-5-9-8-16-11-4-2-1-3-10(9)11/h1-4,8H,5-7,13H2,(H,14,15). The molecule has 3 N–H and O–H groups in total. The summed E-state index contributed by atoms with van der Waals surface area (Å²) in [5, 5.41) is 6.21. The highest BCUT2D eigenvalue weighted by Crippen LogP contribution is 2.25. The van der Waals surface area contributed by atoms with E-state index in [0.29, 0.717) is 6.54 Å². The van der Waals surface area contributed by atoms with Crippen LogP contribution in [0.5, 0.6) is 0 Å². The van der Waals surface area contributed by atoms with Crippen molar-refractivity contribution in [3.8, 4) is 0 Å². The lowest BCUT2D eigenvalue weighted by Crippen LogP contribution is -2.31. The minimum absolute atomic E-state index is 0.0599. The summed E-state index contributed by atoms with van der Waals surface area (Å²) >= 11 is 1.74. The fourth-order valence-corrected chi connectivity index (χ4v) is 2.63. The zero-order chi connectivity index (χ0) is 11.4. The normalized spacial score (nSPS) is 10.6. The van der Waals surface area contributed by atoms with Gasteiger partial charge in [0.25, 0.3) is 0 Å². The molecule has 0 spiro atoms. The van der Waals surface area contributed by atoms with E-state index in [1.54, 1.807) is 11.3 Å². The van der Waals surface area contributed by atoms with Gasteiger partial charge < -0.3 is 11.1 Å². The summed E-state index contributed by atoms with van der Waals surface area (Å²) in [6.07, 6.45) is 0.857. The SMILES string of the molecule is NCC(=O)NCCc1csc2ccccc12. The van der Waals surface area contributed by atoms with E-state index in [9.17, 15) is 4.79 Å². The summed E-state index contributed by atoms with van der Waals surface area (Å²) in [6, 6.07) is 8.31. The Kier molecular flexibility index (Phi) is 3.54. The highest BCUT2D eigenvalue weighted by Gasteiger charge is 2.03. The molecule has 0 unspecified atom stereocenters. The maximum atomic E-state index is 11.0. The molecule has 0 aliphatic carbocycles. The van der Waals surface area contributed by atoms with Crippen LogP contribution in [0, 0.1) is 0 Å². The van der Waals surface area contributed by atoms with Crippen molar-refractivity contribution < 1.29 is 4.79 Å². The molecule has 1 amide bonds. The Morgan fingerprint density at radius 2 is 2.19 bits per heavy atom. The molecule has 0 bridgehead atoms. The molecule has 0 fully saturated rings. The minimum Gasteiger partial charge on any atom is -0.355 e. The number of thiophene rings is 1. The van der Waals surface area contributed by atoms with Crippen LogP contribution in [0.4, 0.5) is 0 Å². The second kappa shape index (κ2) is 5.09. The van der Waals surface area contributed by atoms with Crippen molar-refractivity contribution in [1.29, 1.82) is 0 Å². The van der Waals surface area contributed by atoms with Gasteiger partial charge in [-0.05, 0) is 28.8 Å². The molecule has 2 aromatic rings. The largest absolute Gasteiger partial charge is 0.355 e. The lowest BCUT2D eigenvalue weighted by molar-refractivity contribution is -0.119. The highest BCUT2D eigenvalue weighted by atomic mass is 32.1. The maximum absolute atomic E-state index is 11.0. The van der Waals surface area contributed by atoms with Gasteiger partial charge in [0.2, 0.25) is 5.91 Å². The quantitative estimate of drug-likeness (QED) is 0.842. The second-order valence-corrected chi connectivity index (χ2v) is 4.47. The van der Waals surface area contributed by atoms with Gasteiger partial charge in [0.1, 0.15) is 0 Å². The Labute approximate surface area is 98.3 Å². The van der Waals surface area contributed by atoms with Crippen LogP contribution in [0.1, 0.15) is 5.56 Å². The van der Waals surface area contributed by atoms with E-state index in [1.165, 1.54) is 15.6 Å². The van der Waals surface area contributed by atoms with Gasteiger partial charge in [-0.25, -0.2) is 0 Å². The monoisotopic (exact) mass is 234 g/mol. The van der Waals surface area contributed by atoms with Gasteiger partial charge in [0.05, 0.1) is 6.54 Å². The van der Waals surface area contributed by atoms with Crippen molar-refractivity contribution >= 4 is 27.3 Å². The zero-order valence-electron chi connectivity index (χ0n) is 8.90.